The molecule has 9 aliphatic heterocycles. The van der Waals surface area contributed by atoms with E-state index in [0.29, 0.717) is 243 Å². The predicted molar refractivity (Wildman–Crippen MR) is 491 cm³/mol. The third-order valence-electron chi connectivity index (χ3n) is 23.2. The van der Waals surface area contributed by atoms with Gasteiger partial charge in [-0.25, -0.2) is 4.79 Å². The fraction of sp³-hybridized carbons (Fsp3) is 0.907. The molecule has 0 N–H and O–H groups in total. The van der Waals surface area contributed by atoms with Gasteiger partial charge >= 0.3 is 53.7 Å². The summed E-state index contributed by atoms with van der Waals surface area (Å²) in [5.74, 6) is -1.35. The molecule has 0 aromatic rings. The summed E-state index contributed by atoms with van der Waals surface area (Å²) in [5.41, 5.74) is 0.632. The van der Waals surface area contributed by atoms with Gasteiger partial charge in [-0.15, -0.1) is 0 Å². The van der Waals surface area contributed by atoms with Crippen LogP contribution in [-0.4, -0.2) is 356 Å². The van der Waals surface area contributed by atoms with Crippen LogP contribution in [0.1, 0.15) is 223 Å². The first-order valence-electron chi connectivity index (χ1n) is 47.7. The van der Waals surface area contributed by atoms with E-state index in [9.17, 15) is 43.2 Å². The van der Waals surface area contributed by atoms with Gasteiger partial charge in [0, 0.05) is 169 Å². The summed E-state index contributed by atoms with van der Waals surface area (Å²) >= 11 is 0. The van der Waals surface area contributed by atoms with Crippen LogP contribution in [0.4, 0.5) is 0 Å². The summed E-state index contributed by atoms with van der Waals surface area (Å²) in [4.78, 5) is 101. The minimum Gasteiger partial charge on any atom is -0.465 e. The van der Waals surface area contributed by atoms with Crippen molar-refractivity contribution in [3.8, 4) is 0 Å². The van der Waals surface area contributed by atoms with E-state index in [1.807, 2.05) is 6.92 Å². The van der Waals surface area contributed by atoms with Gasteiger partial charge in [0.1, 0.15) is 66.1 Å². The van der Waals surface area contributed by atoms with Crippen molar-refractivity contribution in [2.75, 3.05) is 302 Å². The Morgan fingerprint density at radius 2 is 0.353 bits per heavy atom. The number of carbonyl (C=O) groups excluding carboxylic acids is 9. The molecule has 36 nitrogen and oxygen atoms in total. The highest BCUT2D eigenvalue weighted by molar-refractivity contribution is 5.72. The molecule has 0 spiro atoms. The minimum atomic E-state index is -0.303. The maximum Gasteiger partial charge on any atom is 0.332 e. The standard InChI is InChI=1S/C13H24O4.2C12H22O4.2C11H20O4.2C10H18O4.2C9H16O4/c1-13(9-16-10-13)11-17-12(14)7-5-3-4-6-8-15-2;1-12(8-15-9-12)10-16-11(13)6-4-3-5-7-14-2;1-3-12(8-15-9-12)10-16-11(13)6-4-5-7-14-2;1-11(7-14-8-11)9-15-10(12)5-3-4-6-13-2;1-3-11(7-14-8-11)9-15-10(12)5-4-6-13-2;1-10(6-13-7-10)8-14-9(11)4-3-5-12-2;1-3-10(6-13-7-10)8-14-9(11)4-5-12-2;1-9(5-12-6-9)7-13-8(10)3-4-11-2;1-3-9(5-12-6-9)7-13-8(10)4-11-2/h3-11H2,1-2H3;2*3-10H2,1-2H3;2*3-9H2,1-2H3;2*3-8H2,1-2H3;2*3-7H2,1-2H3. The Hall–Kier alpha value is -5.49. The highest BCUT2D eigenvalue weighted by atomic mass is 16.6. The number of ether oxygens (including phenoxy) is 27. The molecule has 9 rings (SSSR count). The number of methoxy groups -OCH3 is 9. The van der Waals surface area contributed by atoms with Crippen LogP contribution < -0.4 is 0 Å². The third kappa shape index (κ3) is 60.2. The second-order valence-corrected chi connectivity index (χ2v) is 37.8. The maximum absolute atomic E-state index is 11.4. The van der Waals surface area contributed by atoms with E-state index in [1.54, 1.807) is 56.9 Å². The monoisotopic (exact) mass is 1920 g/mol. The molecule has 0 aliphatic carbocycles. The van der Waals surface area contributed by atoms with Crippen molar-refractivity contribution in [3.63, 3.8) is 0 Å². The van der Waals surface area contributed by atoms with Gasteiger partial charge in [-0.1, -0.05) is 81.6 Å². The lowest BCUT2D eigenvalue weighted by Crippen LogP contribution is -2.46. The van der Waals surface area contributed by atoms with E-state index < -0.39 is 0 Å². The molecule has 36 heteroatoms. The fourth-order valence-electron chi connectivity index (χ4n) is 12.4. The van der Waals surface area contributed by atoms with Crippen LogP contribution in [0.25, 0.3) is 0 Å². The first-order chi connectivity index (χ1) is 63.7. The van der Waals surface area contributed by atoms with Crippen LogP contribution in [-0.2, 0) is 171 Å². The average molecular weight is 1920 g/mol. The molecule has 0 bridgehead atoms. The van der Waals surface area contributed by atoms with Crippen molar-refractivity contribution in [2.45, 2.75) is 223 Å². The largest absolute Gasteiger partial charge is 0.465 e. The van der Waals surface area contributed by atoms with E-state index in [-0.39, 0.29) is 109 Å². The van der Waals surface area contributed by atoms with Gasteiger partial charge in [0.05, 0.1) is 167 Å². The minimum absolute atomic E-state index is 0.0284. The number of hydrogen-bond acceptors (Lipinski definition) is 36. The second kappa shape index (κ2) is 74.5. The smallest absolute Gasteiger partial charge is 0.332 e. The number of carbonyl (C=O) groups is 9. The highest BCUT2D eigenvalue weighted by Gasteiger charge is 2.43. The molecule has 0 radical (unpaired) electrons. The van der Waals surface area contributed by atoms with Gasteiger partial charge in [-0.05, 0) is 89.9 Å². The maximum atomic E-state index is 11.4. The Morgan fingerprint density at radius 3 is 0.541 bits per heavy atom. The van der Waals surface area contributed by atoms with Crippen LogP contribution in [0.5, 0.6) is 0 Å². The Kier molecular flexibility index (Phi) is 70.3. The van der Waals surface area contributed by atoms with E-state index in [4.69, 9.17) is 123 Å². The molecule has 133 heavy (non-hydrogen) atoms. The second-order valence-electron chi connectivity index (χ2n) is 37.8. The lowest BCUT2D eigenvalue weighted by Gasteiger charge is -2.39. The molecular weight excluding hydrogens is 1740 g/mol. The van der Waals surface area contributed by atoms with Crippen LogP contribution in [0.15, 0.2) is 0 Å². The van der Waals surface area contributed by atoms with Crippen LogP contribution in [0.2, 0.25) is 0 Å². The van der Waals surface area contributed by atoms with Gasteiger partial charge in [0.15, 0.2) is 0 Å². The zero-order valence-corrected chi connectivity index (χ0v) is 84.8. The SMILES string of the molecule is CCC1(COC(=O)CCCCOC)COC1.CCC1(COC(=O)CCCOC)COC1.CCC1(COC(=O)CCOC)COC1.CCC1(COC(=O)COC)COC1.COCCC(=O)OCC1(C)COC1.COCCCC(=O)OCC1(C)COC1.COCCCCC(=O)OCC1(C)COC1.COCCCCCC(=O)OCC1(C)COC1.COCCCCCCC(=O)OCC1(C)COC1. The van der Waals surface area contributed by atoms with Gasteiger partial charge in [0.25, 0.3) is 0 Å². The van der Waals surface area contributed by atoms with Gasteiger partial charge in [-0.2, -0.15) is 0 Å². The molecule has 9 aliphatic rings. The van der Waals surface area contributed by atoms with E-state index in [1.165, 1.54) is 7.11 Å². The average Bonchev–Trinajstić information content (AvgIpc) is 0.832. The first kappa shape index (κ1) is 126. The lowest BCUT2D eigenvalue weighted by atomic mass is 9.84. The molecule has 9 fully saturated rings. The predicted octanol–water partition coefficient (Wildman–Crippen LogP) is 11.7. The molecule has 0 aromatic carbocycles. The Balaban J connectivity index is 0.000000749. The summed E-state index contributed by atoms with van der Waals surface area (Å²) in [6.07, 6.45) is 19.5. The van der Waals surface area contributed by atoms with E-state index in [2.05, 4.69) is 60.1 Å². The molecule has 0 unspecified atom stereocenters. The van der Waals surface area contributed by atoms with Crippen molar-refractivity contribution in [3.05, 3.63) is 0 Å². The number of rotatable bonds is 61. The topological polar surface area (TPSA) is 403 Å². The summed E-state index contributed by atoms with van der Waals surface area (Å²) in [5, 5.41) is 0. The molecule has 0 saturated carbocycles. The quantitative estimate of drug-likeness (QED) is 0.0310. The molecule has 0 aromatic heterocycles. The zero-order chi connectivity index (χ0) is 98.9. The molecule has 780 valence electrons. The van der Waals surface area contributed by atoms with E-state index in [0.717, 1.165) is 149 Å². The molecule has 9 heterocycles. The normalized spacial score (nSPS) is 18.4. The van der Waals surface area contributed by atoms with Gasteiger partial charge < -0.3 is 128 Å². The Morgan fingerprint density at radius 1 is 0.188 bits per heavy atom. The van der Waals surface area contributed by atoms with Crippen molar-refractivity contribution >= 4 is 53.7 Å². The number of esters is 9. The van der Waals surface area contributed by atoms with Crippen molar-refractivity contribution in [2.24, 2.45) is 48.7 Å². The lowest BCUT2D eigenvalue weighted by molar-refractivity contribution is -0.173. The van der Waals surface area contributed by atoms with Crippen molar-refractivity contribution in [1.29, 1.82) is 0 Å². The van der Waals surface area contributed by atoms with Crippen LogP contribution in [0.3, 0.4) is 0 Å². The van der Waals surface area contributed by atoms with Crippen LogP contribution >= 0.6 is 0 Å². The molecular formula is C97H176O36. The number of unbranched alkanes of at least 4 members (excludes halogenated alkanes) is 7. The van der Waals surface area contributed by atoms with Crippen molar-refractivity contribution in [1.82, 2.24) is 0 Å². The number of hydrogen-bond donors (Lipinski definition) is 0. The van der Waals surface area contributed by atoms with Crippen molar-refractivity contribution < 1.29 is 171 Å². The van der Waals surface area contributed by atoms with Gasteiger partial charge in [-0.3, -0.25) is 38.4 Å². The Bertz CT molecular complexity index is 2980. The fourth-order valence-corrected chi connectivity index (χ4v) is 12.4. The summed E-state index contributed by atoms with van der Waals surface area (Å²) in [6.45, 7) is 40.7. The van der Waals surface area contributed by atoms with Crippen LogP contribution in [0, 0.1) is 48.7 Å². The summed E-state index contributed by atoms with van der Waals surface area (Å²) < 4.78 is 136. The summed E-state index contributed by atoms with van der Waals surface area (Å²) in [7, 11) is 14.6. The highest BCUT2D eigenvalue weighted by Crippen LogP contribution is 2.36. The van der Waals surface area contributed by atoms with E-state index >= 15 is 0 Å². The van der Waals surface area contributed by atoms with Gasteiger partial charge in [0.2, 0.25) is 0 Å². The summed E-state index contributed by atoms with van der Waals surface area (Å²) in [6, 6.07) is 0. The first-order valence-corrected chi connectivity index (χ1v) is 47.7. The Labute approximate surface area is 794 Å². The third-order valence-corrected chi connectivity index (χ3v) is 23.2. The zero-order valence-electron chi connectivity index (χ0n) is 84.8. The molecule has 0 atom stereocenters. The molecule has 9 saturated heterocycles. The molecule has 0 amide bonds.